The van der Waals surface area contributed by atoms with Crippen LogP contribution in [0.15, 0.2) is 12.8 Å². The summed E-state index contributed by atoms with van der Waals surface area (Å²) in [4.78, 5) is 2.93. The molecule has 0 aliphatic rings. The summed E-state index contributed by atoms with van der Waals surface area (Å²) >= 11 is 1.93. The van der Waals surface area contributed by atoms with Crippen LogP contribution in [0.25, 0.3) is 0 Å². The summed E-state index contributed by atoms with van der Waals surface area (Å²) in [6, 6.07) is 0. The van der Waals surface area contributed by atoms with Crippen LogP contribution in [0.5, 0.6) is 0 Å². The molecule has 0 aliphatic carbocycles. The monoisotopic (exact) mass is 223 g/mol. The quantitative estimate of drug-likeness (QED) is 0.768. The van der Waals surface area contributed by atoms with Crippen molar-refractivity contribution < 1.29 is 0 Å². The zero-order valence-corrected chi connectivity index (χ0v) is 11.2. The fourth-order valence-electron chi connectivity index (χ4n) is 1.79. The highest BCUT2D eigenvalue weighted by Gasteiger charge is 2.17. The second-order valence-electron chi connectivity index (χ2n) is 4.49. The Morgan fingerprint density at radius 3 is 2.07 bits per heavy atom. The van der Waals surface area contributed by atoms with Gasteiger partial charge in [-0.3, -0.25) is 0 Å². The fraction of sp³-hybridized carbons (Fsp3) is 0.538. The molecule has 0 radical (unpaired) electrons. The Balaban J connectivity index is 3.25. The number of anilines is 1. The maximum Gasteiger partial charge on any atom is 0.0556 e. The maximum atomic E-state index is 3.75. The van der Waals surface area contributed by atoms with Gasteiger partial charge < -0.3 is 5.32 Å². The molecule has 0 saturated heterocycles. The number of nitrogens with one attached hydrogen (secondary N) is 1. The lowest BCUT2D eigenvalue weighted by Gasteiger charge is -2.07. The van der Waals surface area contributed by atoms with Gasteiger partial charge in [-0.05, 0) is 30.5 Å². The molecule has 84 valence electrons. The Hall–Kier alpha value is -0.760. The molecule has 1 N–H and O–H groups in total. The highest BCUT2D eigenvalue weighted by Crippen LogP contribution is 2.40. The third-order valence-corrected chi connectivity index (χ3v) is 4.40. The Morgan fingerprint density at radius 2 is 1.67 bits per heavy atom. The van der Waals surface area contributed by atoms with E-state index in [0.29, 0.717) is 11.8 Å². The van der Waals surface area contributed by atoms with E-state index in [4.69, 9.17) is 0 Å². The lowest BCUT2D eigenvalue weighted by Crippen LogP contribution is -1.93. The van der Waals surface area contributed by atoms with Crippen molar-refractivity contribution >= 4 is 17.0 Å². The van der Waals surface area contributed by atoms with Gasteiger partial charge >= 0.3 is 0 Å². The summed E-state index contributed by atoms with van der Waals surface area (Å²) in [6.45, 7) is 14.9. The second kappa shape index (κ2) is 4.84. The summed E-state index contributed by atoms with van der Waals surface area (Å²) in [5, 5.41) is 3.28. The molecule has 2 heteroatoms. The average molecular weight is 223 g/mol. The van der Waals surface area contributed by atoms with Gasteiger partial charge in [-0.1, -0.05) is 34.3 Å². The first-order valence-electron chi connectivity index (χ1n) is 5.49. The van der Waals surface area contributed by atoms with Crippen LogP contribution in [-0.4, -0.2) is 0 Å². The standard InChI is InChI=1S/C13H21NS/c1-7-14-11-10(6)12(8(2)3)15-13(11)9(4)5/h7-9,14H,1H2,2-6H3. The van der Waals surface area contributed by atoms with Crippen molar-refractivity contribution in [1.29, 1.82) is 0 Å². The first kappa shape index (κ1) is 12.3. The van der Waals surface area contributed by atoms with E-state index in [2.05, 4.69) is 46.5 Å². The van der Waals surface area contributed by atoms with Crippen molar-refractivity contribution in [2.24, 2.45) is 0 Å². The summed E-state index contributed by atoms with van der Waals surface area (Å²) in [6.07, 6.45) is 1.77. The van der Waals surface area contributed by atoms with Crippen LogP contribution >= 0.6 is 11.3 Å². The Kier molecular flexibility index (Phi) is 3.97. The van der Waals surface area contributed by atoms with Crippen molar-refractivity contribution in [2.45, 2.75) is 46.5 Å². The van der Waals surface area contributed by atoms with E-state index in [1.165, 1.54) is 21.0 Å². The van der Waals surface area contributed by atoms with E-state index in [1.54, 1.807) is 6.20 Å². The minimum atomic E-state index is 0.573. The summed E-state index contributed by atoms with van der Waals surface area (Å²) < 4.78 is 0. The average Bonchev–Trinajstić information content (AvgIpc) is 2.45. The third-order valence-electron chi connectivity index (χ3n) is 2.51. The maximum absolute atomic E-state index is 3.75. The molecule has 0 bridgehead atoms. The second-order valence-corrected chi connectivity index (χ2v) is 5.57. The summed E-state index contributed by atoms with van der Waals surface area (Å²) in [5.41, 5.74) is 2.66. The number of rotatable bonds is 4. The van der Waals surface area contributed by atoms with Crippen LogP contribution in [0.2, 0.25) is 0 Å². The van der Waals surface area contributed by atoms with Crippen LogP contribution < -0.4 is 5.32 Å². The van der Waals surface area contributed by atoms with Gasteiger partial charge in [0.2, 0.25) is 0 Å². The van der Waals surface area contributed by atoms with E-state index in [9.17, 15) is 0 Å². The highest BCUT2D eigenvalue weighted by atomic mass is 32.1. The third kappa shape index (κ3) is 2.43. The van der Waals surface area contributed by atoms with Crippen LogP contribution in [-0.2, 0) is 0 Å². The molecule has 1 heterocycles. The smallest absolute Gasteiger partial charge is 0.0556 e. The van der Waals surface area contributed by atoms with Gasteiger partial charge in [-0.15, -0.1) is 11.3 Å². The Morgan fingerprint density at radius 1 is 1.13 bits per heavy atom. The Bertz CT molecular complexity index is 348. The zero-order chi connectivity index (χ0) is 11.6. The van der Waals surface area contributed by atoms with Gasteiger partial charge in [0.15, 0.2) is 0 Å². The molecule has 0 spiro atoms. The normalized spacial score (nSPS) is 11.1. The first-order chi connectivity index (χ1) is 6.99. The molecule has 1 rings (SSSR count). The molecule has 0 fully saturated rings. The molecule has 0 unspecified atom stereocenters. The minimum Gasteiger partial charge on any atom is -0.361 e. The van der Waals surface area contributed by atoms with Crippen LogP contribution in [0, 0.1) is 6.92 Å². The number of thiophene rings is 1. The van der Waals surface area contributed by atoms with Crippen LogP contribution in [0.1, 0.15) is 54.8 Å². The van der Waals surface area contributed by atoms with E-state index >= 15 is 0 Å². The predicted octanol–water partition coefficient (Wildman–Crippen LogP) is 4.86. The van der Waals surface area contributed by atoms with Crippen molar-refractivity contribution in [3.05, 3.63) is 28.1 Å². The molecule has 1 aromatic rings. The predicted molar refractivity (Wildman–Crippen MR) is 71.1 cm³/mol. The highest BCUT2D eigenvalue weighted by molar-refractivity contribution is 7.13. The van der Waals surface area contributed by atoms with Crippen molar-refractivity contribution in [1.82, 2.24) is 0 Å². The van der Waals surface area contributed by atoms with Crippen molar-refractivity contribution in [2.75, 3.05) is 5.32 Å². The minimum absolute atomic E-state index is 0.573. The summed E-state index contributed by atoms with van der Waals surface area (Å²) in [7, 11) is 0. The van der Waals surface area contributed by atoms with E-state index in [-0.39, 0.29) is 0 Å². The molecule has 0 aromatic carbocycles. The summed E-state index contributed by atoms with van der Waals surface area (Å²) in [5.74, 6) is 1.18. The van der Waals surface area contributed by atoms with Gasteiger partial charge in [0, 0.05) is 9.75 Å². The molecule has 1 nitrogen and oxygen atoms in total. The van der Waals surface area contributed by atoms with Gasteiger partial charge in [0.25, 0.3) is 0 Å². The van der Waals surface area contributed by atoms with Crippen molar-refractivity contribution in [3.8, 4) is 0 Å². The van der Waals surface area contributed by atoms with Crippen molar-refractivity contribution in [3.63, 3.8) is 0 Å². The number of hydrogen-bond donors (Lipinski definition) is 1. The molecule has 0 saturated carbocycles. The first-order valence-corrected chi connectivity index (χ1v) is 6.31. The van der Waals surface area contributed by atoms with Gasteiger partial charge in [0.1, 0.15) is 0 Å². The molecule has 0 aliphatic heterocycles. The molecule has 1 aromatic heterocycles. The number of hydrogen-bond acceptors (Lipinski definition) is 2. The molecule has 15 heavy (non-hydrogen) atoms. The van der Waals surface area contributed by atoms with E-state index in [1.807, 2.05) is 11.3 Å². The molecular weight excluding hydrogens is 202 g/mol. The molecular formula is C13H21NS. The lowest BCUT2D eigenvalue weighted by molar-refractivity contribution is 0.881. The van der Waals surface area contributed by atoms with E-state index in [0.717, 1.165) is 0 Å². The molecule has 0 atom stereocenters. The molecule has 0 amide bonds. The zero-order valence-electron chi connectivity index (χ0n) is 10.3. The topological polar surface area (TPSA) is 12.0 Å². The van der Waals surface area contributed by atoms with Gasteiger partial charge in [-0.25, -0.2) is 0 Å². The Labute approximate surface area is 97.2 Å². The SMILES string of the molecule is C=CNc1c(C(C)C)sc(C(C)C)c1C. The van der Waals surface area contributed by atoms with Gasteiger partial charge in [0.05, 0.1) is 5.69 Å². The van der Waals surface area contributed by atoms with Crippen LogP contribution in [0.4, 0.5) is 5.69 Å². The largest absolute Gasteiger partial charge is 0.361 e. The van der Waals surface area contributed by atoms with Crippen LogP contribution in [0.3, 0.4) is 0 Å². The lowest BCUT2D eigenvalue weighted by atomic mass is 10.0. The van der Waals surface area contributed by atoms with E-state index < -0.39 is 0 Å². The van der Waals surface area contributed by atoms with Gasteiger partial charge in [-0.2, -0.15) is 0 Å². The fourth-order valence-corrected chi connectivity index (χ4v) is 3.07.